The van der Waals surface area contributed by atoms with Gasteiger partial charge in [0.15, 0.2) is 0 Å². The minimum absolute atomic E-state index is 0.0432. The number of ether oxygens (including phenoxy) is 1. The molecule has 1 aliphatic rings. The number of amides is 2. The van der Waals surface area contributed by atoms with E-state index in [0.29, 0.717) is 6.54 Å². The Morgan fingerprint density at radius 1 is 1.26 bits per heavy atom. The fourth-order valence-corrected chi connectivity index (χ4v) is 1.78. The van der Waals surface area contributed by atoms with Gasteiger partial charge in [0.25, 0.3) is 11.8 Å². The molecule has 2 N–H and O–H groups in total. The van der Waals surface area contributed by atoms with E-state index in [0.717, 1.165) is 11.1 Å². The molecule has 5 nitrogen and oxygen atoms in total. The first-order valence-electron chi connectivity index (χ1n) is 5.89. The highest BCUT2D eigenvalue weighted by Gasteiger charge is 2.26. The van der Waals surface area contributed by atoms with E-state index in [9.17, 15) is 9.59 Å². The molecule has 0 spiro atoms. The summed E-state index contributed by atoms with van der Waals surface area (Å²) < 4.78 is 4.86. The van der Waals surface area contributed by atoms with Crippen LogP contribution in [0.25, 0.3) is 0 Å². The first kappa shape index (κ1) is 13.3. The first-order valence-corrected chi connectivity index (χ1v) is 5.89. The van der Waals surface area contributed by atoms with Crippen molar-refractivity contribution in [1.29, 1.82) is 0 Å². The second kappa shape index (κ2) is 6.14. The van der Waals surface area contributed by atoms with Crippen molar-refractivity contribution in [3.63, 3.8) is 0 Å². The third kappa shape index (κ3) is 3.41. The largest absolute Gasteiger partial charge is 0.362 e. The molecule has 19 heavy (non-hydrogen) atoms. The van der Waals surface area contributed by atoms with Crippen LogP contribution in [0.5, 0.6) is 0 Å². The van der Waals surface area contributed by atoms with Gasteiger partial charge in [-0.25, -0.2) is 0 Å². The zero-order valence-corrected chi connectivity index (χ0v) is 10.4. The van der Waals surface area contributed by atoms with Gasteiger partial charge in [-0.1, -0.05) is 24.0 Å². The zero-order chi connectivity index (χ0) is 13.7. The Labute approximate surface area is 111 Å². The summed E-state index contributed by atoms with van der Waals surface area (Å²) in [6.07, 6.45) is 0. The van der Waals surface area contributed by atoms with Gasteiger partial charge in [0.05, 0.1) is 13.1 Å². The Bertz CT molecular complexity index is 541. The van der Waals surface area contributed by atoms with E-state index in [1.54, 1.807) is 0 Å². The van der Waals surface area contributed by atoms with Crippen LogP contribution in [0, 0.1) is 11.8 Å². The summed E-state index contributed by atoms with van der Waals surface area (Å²) in [5.41, 5.74) is 6.99. The molecule has 1 aromatic rings. The Morgan fingerprint density at radius 2 is 2.00 bits per heavy atom. The number of nitrogens with two attached hydrogens (primary N) is 1. The molecule has 0 saturated carbocycles. The number of morpholine rings is 1. The van der Waals surface area contributed by atoms with Crippen LogP contribution in [0.15, 0.2) is 24.3 Å². The maximum absolute atomic E-state index is 11.6. The molecule has 0 bridgehead atoms. The van der Waals surface area contributed by atoms with Crippen LogP contribution in [0.2, 0.25) is 0 Å². The summed E-state index contributed by atoms with van der Waals surface area (Å²) in [7, 11) is 0. The van der Waals surface area contributed by atoms with Gasteiger partial charge in [-0.3, -0.25) is 14.5 Å². The summed E-state index contributed by atoms with van der Waals surface area (Å²) in [4.78, 5) is 24.4. The van der Waals surface area contributed by atoms with Crippen LogP contribution in [0.1, 0.15) is 11.1 Å². The van der Waals surface area contributed by atoms with Gasteiger partial charge in [0.1, 0.15) is 13.2 Å². The fraction of sp³-hybridized carbons (Fsp3) is 0.286. The summed E-state index contributed by atoms with van der Waals surface area (Å²) in [6.45, 7) is 0.459. The van der Waals surface area contributed by atoms with Crippen LogP contribution in [0.3, 0.4) is 0 Å². The molecule has 0 aliphatic carbocycles. The van der Waals surface area contributed by atoms with Crippen LogP contribution in [-0.2, 0) is 20.9 Å². The first-order chi connectivity index (χ1) is 9.20. The summed E-state index contributed by atoms with van der Waals surface area (Å²) >= 11 is 0. The third-order valence-corrected chi connectivity index (χ3v) is 2.66. The minimum Gasteiger partial charge on any atom is -0.362 e. The van der Waals surface area contributed by atoms with Gasteiger partial charge in [-0.05, 0) is 17.7 Å². The normalized spacial score (nSPS) is 15.1. The molecule has 2 amide bonds. The number of benzene rings is 1. The highest BCUT2D eigenvalue weighted by Crippen LogP contribution is 2.10. The summed E-state index contributed by atoms with van der Waals surface area (Å²) in [5, 5.41) is 0. The third-order valence-electron chi connectivity index (χ3n) is 2.66. The molecule has 2 rings (SSSR count). The Morgan fingerprint density at radius 3 is 2.68 bits per heavy atom. The van der Waals surface area contributed by atoms with Crippen molar-refractivity contribution in [2.75, 3.05) is 19.8 Å². The number of carbonyl (C=O) groups is 2. The molecule has 1 aromatic carbocycles. The Kier molecular flexibility index (Phi) is 4.29. The summed E-state index contributed by atoms with van der Waals surface area (Å²) in [6, 6.07) is 7.39. The van der Waals surface area contributed by atoms with Gasteiger partial charge in [-0.15, -0.1) is 0 Å². The van der Waals surface area contributed by atoms with Crippen LogP contribution in [0.4, 0.5) is 0 Å². The highest BCUT2D eigenvalue weighted by atomic mass is 16.5. The number of hydrogen-bond acceptors (Lipinski definition) is 4. The topological polar surface area (TPSA) is 72.6 Å². The van der Waals surface area contributed by atoms with Crippen molar-refractivity contribution >= 4 is 11.8 Å². The lowest BCUT2D eigenvalue weighted by molar-refractivity contribution is -0.159. The minimum atomic E-state index is -0.310. The van der Waals surface area contributed by atoms with Crippen molar-refractivity contribution in [3.8, 4) is 11.8 Å². The van der Waals surface area contributed by atoms with Gasteiger partial charge in [0.2, 0.25) is 0 Å². The van der Waals surface area contributed by atoms with Crippen LogP contribution < -0.4 is 5.73 Å². The molecule has 1 heterocycles. The molecule has 0 aromatic heterocycles. The number of imide groups is 1. The van der Waals surface area contributed by atoms with E-state index in [-0.39, 0.29) is 31.6 Å². The monoisotopic (exact) mass is 258 g/mol. The Balaban J connectivity index is 2.14. The number of rotatable bonds is 2. The van der Waals surface area contributed by atoms with Gasteiger partial charge in [-0.2, -0.15) is 0 Å². The van der Waals surface area contributed by atoms with Crippen LogP contribution in [-0.4, -0.2) is 36.5 Å². The molecule has 1 saturated heterocycles. The molecule has 0 atom stereocenters. The summed E-state index contributed by atoms with van der Waals surface area (Å²) in [5.74, 6) is 5.06. The van der Waals surface area contributed by atoms with Crippen molar-refractivity contribution in [2.24, 2.45) is 5.73 Å². The van der Waals surface area contributed by atoms with Gasteiger partial charge >= 0.3 is 0 Å². The van der Waals surface area contributed by atoms with Gasteiger partial charge in [0, 0.05) is 5.56 Å². The molecule has 98 valence electrons. The van der Waals surface area contributed by atoms with Gasteiger partial charge < -0.3 is 10.5 Å². The molecule has 5 heteroatoms. The molecule has 0 radical (unpaired) electrons. The average molecular weight is 258 g/mol. The molecule has 1 fully saturated rings. The van der Waals surface area contributed by atoms with Crippen molar-refractivity contribution in [1.82, 2.24) is 4.90 Å². The SMILES string of the molecule is NCC#Cc1cccc(CN2C(=O)COCC2=O)c1. The quantitative estimate of drug-likeness (QED) is 0.593. The van der Waals surface area contributed by atoms with Crippen LogP contribution >= 0.6 is 0 Å². The van der Waals surface area contributed by atoms with Crippen molar-refractivity contribution in [2.45, 2.75) is 6.54 Å². The second-order valence-electron chi connectivity index (χ2n) is 4.07. The maximum Gasteiger partial charge on any atom is 0.255 e. The molecular formula is C14H14N2O3. The van der Waals surface area contributed by atoms with E-state index in [1.807, 2.05) is 24.3 Å². The highest BCUT2D eigenvalue weighted by molar-refractivity contribution is 5.98. The molecular weight excluding hydrogens is 244 g/mol. The fourth-order valence-electron chi connectivity index (χ4n) is 1.78. The van der Waals surface area contributed by atoms with E-state index < -0.39 is 0 Å². The molecule has 0 unspecified atom stereocenters. The number of carbonyl (C=O) groups excluding carboxylic acids is 2. The maximum atomic E-state index is 11.6. The standard InChI is InChI=1S/C14H14N2O3/c15-6-2-5-11-3-1-4-12(7-11)8-16-13(17)9-19-10-14(16)18/h1,3-4,7H,6,8-10,15H2. The smallest absolute Gasteiger partial charge is 0.255 e. The van der Waals surface area contributed by atoms with E-state index in [4.69, 9.17) is 10.5 Å². The lowest BCUT2D eigenvalue weighted by atomic mass is 10.1. The number of hydrogen-bond donors (Lipinski definition) is 1. The lowest BCUT2D eigenvalue weighted by Gasteiger charge is -2.24. The molecule has 1 aliphatic heterocycles. The lowest BCUT2D eigenvalue weighted by Crippen LogP contribution is -2.45. The number of nitrogens with zero attached hydrogens (tertiary/aromatic N) is 1. The zero-order valence-electron chi connectivity index (χ0n) is 10.4. The van der Waals surface area contributed by atoms with Crippen molar-refractivity contribution in [3.05, 3.63) is 35.4 Å². The average Bonchev–Trinajstić information content (AvgIpc) is 2.41. The van der Waals surface area contributed by atoms with E-state index in [1.165, 1.54) is 4.90 Å². The Hall–Kier alpha value is -2.16. The predicted octanol–water partition coefficient (Wildman–Crippen LogP) is -0.118. The van der Waals surface area contributed by atoms with Crippen molar-refractivity contribution < 1.29 is 14.3 Å². The second-order valence-corrected chi connectivity index (χ2v) is 4.07. The van der Waals surface area contributed by atoms with E-state index in [2.05, 4.69) is 11.8 Å². The van der Waals surface area contributed by atoms with E-state index >= 15 is 0 Å². The predicted molar refractivity (Wildman–Crippen MR) is 68.8 cm³/mol.